The van der Waals surface area contributed by atoms with Crippen molar-refractivity contribution in [3.63, 3.8) is 0 Å². The maximum atomic E-state index is 12.4. The van der Waals surface area contributed by atoms with Crippen LogP contribution in [0.2, 0.25) is 0 Å². The minimum absolute atomic E-state index is 0.253. The molecule has 0 unspecified atom stereocenters. The number of nitrogens with zero attached hydrogens (tertiary/aromatic N) is 2. The number of hydrogen-bond acceptors (Lipinski definition) is 5. The second kappa shape index (κ2) is 8.31. The van der Waals surface area contributed by atoms with Crippen molar-refractivity contribution in [2.45, 2.75) is 20.4 Å². The molecule has 2 N–H and O–H groups in total. The minimum atomic E-state index is -0.253. The standard InChI is InChI=1S/C21H22N4O2/c1-14-4-5-15(2)19(12-14)25-21-22-11-10-18(24-21)20(26)23-13-16-6-8-17(27-3)9-7-16/h4-12H,13H2,1-3H3,(H,23,26)(H,22,24,25). The van der Waals surface area contributed by atoms with Gasteiger partial charge in [0.05, 0.1) is 7.11 Å². The number of aromatic nitrogens is 2. The SMILES string of the molecule is COc1ccc(CNC(=O)c2ccnc(Nc3cc(C)ccc3C)n2)cc1. The number of methoxy groups -OCH3 is 1. The first kappa shape index (κ1) is 18.4. The van der Waals surface area contributed by atoms with E-state index in [0.717, 1.165) is 28.1 Å². The lowest BCUT2D eigenvalue weighted by atomic mass is 10.1. The summed E-state index contributed by atoms with van der Waals surface area (Å²) in [5, 5.41) is 6.05. The molecule has 0 spiro atoms. The highest BCUT2D eigenvalue weighted by Crippen LogP contribution is 2.19. The molecule has 0 aliphatic carbocycles. The Morgan fingerprint density at radius 1 is 1.07 bits per heavy atom. The minimum Gasteiger partial charge on any atom is -0.497 e. The number of anilines is 2. The summed E-state index contributed by atoms with van der Waals surface area (Å²) in [7, 11) is 1.62. The lowest BCUT2D eigenvalue weighted by Crippen LogP contribution is -2.24. The van der Waals surface area contributed by atoms with Crippen molar-refractivity contribution in [3.8, 4) is 5.75 Å². The summed E-state index contributed by atoms with van der Waals surface area (Å²) in [5.41, 5.74) is 4.43. The maximum Gasteiger partial charge on any atom is 0.270 e. The molecule has 6 nitrogen and oxygen atoms in total. The number of hydrogen-bond donors (Lipinski definition) is 2. The van der Waals surface area contributed by atoms with Crippen LogP contribution in [0.3, 0.4) is 0 Å². The summed E-state index contributed by atoms with van der Waals surface area (Å²) in [6.45, 7) is 4.44. The number of ether oxygens (including phenoxy) is 1. The van der Waals surface area contributed by atoms with Gasteiger partial charge in [0.15, 0.2) is 0 Å². The molecule has 27 heavy (non-hydrogen) atoms. The fourth-order valence-electron chi connectivity index (χ4n) is 2.55. The van der Waals surface area contributed by atoms with Crippen LogP contribution in [0.1, 0.15) is 27.2 Å². The van der Waals surface area contributed by atoms with Gasteiger partial charge in [-0.2, -0.15) is 0 Å². The Hall–Kier alpha value is -3.41. The van der Waals surface area contributed by atoms with Gasteiger partial charge in [-0.3, -0.25) is 4.79 Å². The quantitative estimate of drug-likeness (QED) is 0.698. The molecule has 1 amide bonds. The number of rotatable bonds is 6. The van der Waals surface area contributed by atoms with E-state index in [-0.39, 0.29) is 5.91 Å². The fourth-order valence-corrected chi connectivity index (χ4v) is 2.55. The van der Waals surface area contributed by atoms with E-state index in [4.69, 9.17) is 4.74 Å². The summed E-state index contributed by atoms with van der Waals surface area (Å²) in [4.78, 5) is 20.9. The third-order valence-electron chi connectivity index (χ3n) is 4.14. The van der Waals surface area contributed by atoms with Crippen LogP contribution in [-0.2, 0) is 6.54 Å². The molecular weight excluding hydrogens is 340 g/mol. The van der Waals surface area contributed by atoms with Gasteiger partial charge in [-0.1, -0.05) is 24.3 Å². The Morgan fingerprint density at radius 3 is 2.59 bits per heavy atom. The largest absolute Gasteiger partial charge is 0.497 e. The van der Waals surface area contributed by atoms with E-state index < -0.39 is 0 Å². The van der Waals surface area contributed by atoms with Crippen LogP contribution in [0.25, 0.3) is 0 Å². The van der Waals surface area contributed by atoms with Crippen molar-refractivity contribution >= 4 is 17.5 Å². The Morgan fingerprint density at radius 2 is 1.85 bits per heavy atom. The van der Waals surface area contributed by atoms with Crippen LogP contribution < -0.4 is 15.4 Å². The van der Waals surface area contributed by atoms with Gasteiger partial charge in [0.1, 0.15) is 11.4 Å². The Labute approximate surface area is 158 Å². The fraction of sp³-hybridized carbons (Fsp3) is 0.190. The van der Waals surface area contributed by atoms with Gasteiger partial charge in [0.25, 0.3) is 5.91 Å². The van der Waals surface area contributed by atoms with E-state index in [9.17, 15) is 4.79 Å². The van der Waals surface area contributed by atoms with E-state index in [1.807, 2.05) is 56.3 Å². The molecule has 0 aliphatic rings. The van der Waals surface area contributed by atoms with Gasteiger partial charge in [0.2, 0.25) is 5.95 Å². The number of carbonyl (C=O) groups is 1. The average Bonchev–Trinajstić information content (AvgIpc) is 2.69. The molecule has 6 heteroatoms. The first-order chi connectivity index (χ1) is 13.0. The molecule has 0 aliphatic heterocycles. The molecule has 138 valence electrons. The van der Waals surface area contributed by atoms with Crippen LogP contribution in [0.15, 0.2) is 54.7 Å². The van der Waals surface area contributed by atoms with Crippen molar-refractivity contribution in [1.29, 1.82) is 0 Å². The molecule has 2 aromatic carbocycles. The van der Waals surface area contributed by atoms with Crippen molar-refractivity contribution in [2.24, 2.45) is 0 Å². The summed E-state index contributed by atoms with van der Waals surface area (Å²) in [6.07, 6.45) is 1.57. The van der Waals surface area contributed by atoms with Crippen LogP contribution >= 0.6 is 0 Å². The highest BCUT2D eigenvalue weighted by molar-refractivity contribution is 5.92. The van der Waals surface area contributed by atoms with Crippen molar-refractivity contribution in [1.82, 2.24) is 15.3 Å². The second-order valence-electron chi connectivity index (χ2n) is 6.24. The maximum absolute atomic E-state index is 12.4. The van der Waals surface area contributed by atoms with Gasteiger partial charge >= 0.3 is 0 Å². The molecule has 0 saturated heterocycles. The van der Waals surface area contributed by atoms with E-state index >= 15 is 0 Å². The third kappa shape index (κ3) is 4.82. The molecule has 3 aromatic rings. The third-order valence-corrected chi connectivity index (χ3v) is 4.14. The number of amides is 1. The van der Waals surface area contributed by atoms with E-state index in [0.29, 0.717) is 18.2 Å². The highest BCUT2D eigenvalue weighted by Gasteiger charge is 2.10. The molecule has 0 atom stereocenters. The molecule has 1 aromatic heterocycles. The van der Waals surface area contributed by atoms with E-state index in [2.05, 4.69) is 20.6 Å². The number of aryl methyl sites for hydroxylation is 2. The van der Waals surface area contributed by atoms with E-state index in [1.54, 1.807) is 19.4 Å². The van der Waals surface area contributed by atoms with Crippen LogP contribution in [0.5, 0.6) is 5.75 Å². The predicted octanol–water partition coefficient (Wildman–Crippen LogP) is 3.78. The lowest BCUT2D eigenvalue weighted by Gasteiger charge is -2.10. The molecule has 0 fully saturated rings. The first-order valence-corrected chi connectivity index (χ1v) is 8.63. The monoisotopic (exact) mass is 362 g/mol. The Kier molecular flexibility index (Phi) is 5.66. The molecule has 0 bridgehead atoms. The smallest absolute Gasteiger partial charge is 0.270 e. The molecule has 1 heterocycles. The lowest BCUT2D eigenvalue weighted by molar-refractivity contribution is 0.0946. The first-order valence-electron chi connectivity index (χ1n) is 8.63. The zero-order valence-electron chi connectivity index (χ0n) is 15.6. The van der Waals surface area contributed by atoms with Gasteiger partial charge in [-0.15, -0.1) is 0 Å². The average molecular weight is 362 g/mol. The summed E-state index contributed by atoms with van der Waals surface area (Å²) in [6, 6.07) is 15.2. The zero-order valence-corrected chi connectivity index (χ0v) is 15.6. The number of nitrogens with one attached hydrogen (secondary N) is 2. The van der Waals surface area contributed by atoms with Crippen molar-refractivity contribution in [3.05, 3.63) is 77.1 Å². The van der Waals surface area contributed by atoms with E-state index in [1.165, 1.54) is 0 Å². The second-order valence-corrected chi connectivity index (χ2v) is 6.24. The summed E-state index contributed by atoms with van der Waals surface area (Å²) < 4.78 is 5.13. The molecule has 3 rings (SSSR count). The van der Waals surface area contributed by atoms with Gasteiger partial charge in [-0.05, 0) is 54.8 Å². The Balaban J connectivity index is 1.66. The van der Waals surface area contributed by atoms with Crippen LogP contribution in [-0.4, -0.2) is 23.0 Å². The Bertz CT molecular complexity index is 939. The molecule has 0 saturated carbocycles. The molecular formula is C21H22N4O2. The highest BCUT2D eigenvalue weighted by atomic mass is 16.5. The molecule has 0 radical (unpaired) electrons. The van der Waals surface area contributed by atoms with Crippen LogP contribution in [0, 0.1) is 13.8 Å². The predicted molar refractivity (Wildman–Crippen MR) is 105 cm³/mol. The number of carbonyl (C=O) groups excluding carboxylic acids is 1. The van der Waals surface area contributed by atoms with Gasteiger partial charge < -0.3 is 15.4 Å². The van der Waals surface area contributed by atoms with Gasteiger partial charge in [0, 0.05) is 18.4 Å². The topological polar surface area (TPSA) is 76.1 Å². The summed E-state index contributed by atoms with van der Waals surface area (Å²) in [5.74, 6) is 0.918. The van der Waals surface area contributed by atoms with Crippen LogP contribution in [0.4, 0.5) is 11.6 Å². The van der Waals surface area contributed by atoms with Gasteiger partial charge in [-0.25, -0.2) is 9.97 Å². The van der Waals surface area contributed by atoms with Crippen molar-refractivity contribution < 1.29 is 9.53 Å². The summed E-state index contributed by atoms with van der Waals surface area (Å²) >= 11 is 0. The normalized spacial score (nSPS) is 10.3. The van der Waals surface area contributed by atoms with Crippen molar-refractivity contribution in [2.75, 3.05) is 12.4 Å². The number of benzene rings is 2. The zero-order chi connectivity index (χ0) is 19.2.